The number of hydrogen-bond donors (Lipinski definition) is 1. The Morgan fingerprint density at radius 2 is 1.81 bits per heavy atom. The molecule has 2 N–H and O–H groups in total. The summed E-state index contributed by atoms with van der Waals surface area (Å²) in [6, 6.07) is 0. The van der Waals surface area contributed by atoms with Crippen LogP contribution in [0.1, 0.15) is 44.9 Å². The molecule has 3 nitrogen and oxygen atoms in total. The Labute approximate surface area is 99.3 Å². The maximum Gasteiger partial charge on any atom is 0.0595 e. The highest BCUT2D eigenvalue weighted by Gasteiger charge is 2.38. The quantitative estimate of drug-likeness (QED) is 0.797. The minimum absolute atomic E-state index is 0.330. The number of methoxy groups -OCH3 is 1. The van der Waals surface area contributed by atoms with Gasteiger partial charge < -0.3 is 10.5 Å². The Hall–Kier alpha value is -0.120. The Balaban J connectivity index is 1.94. The molecule has 0 aromatic heterocycles. The van der Waals surface area contributed by atoms with Crippen molar-refractivity contribution in [2.24, 2.45) is 5.73 Å². The van der Waals surface area contributed by atoms with Gasteiger partial charge in [-0.1, -0.05) is 19.3 Å². The Morgan fingerprint density at radius 1 is 1.19 bits per heavy atom. The van der Waals surface area contributed by atoms with Crippen molar-refractivity contribution in [2.45, 2.75) is 56.6 Å². The van der Waals surface area contributed by atoms with Gasteiger partial charge >= 0.3 is 0 Å². The van der Waals surface area contributed by atoms with E-state index in [4.69, 9.17) is 10.5 Å². The zero-order valence-corrected chi connectivity index (χ0v) is 10.6. The molecule has 2 aliphatic rings. The Morgan fingerprint density at radius 3 is 2.31 bits per heavy atom. The van der Waals surface area contributed by atoms with Gasteiger partial charge in [-0.25, -0.2) is 0 Å². The van der Waals surface area contributed by atoms with Gasteiger partial charge in [0.1, 0.15) is 0 Å². The summed E-state index contributed by atoms with van der Waals surface area (Å²) in [4.78, 5) is 2.65. The van der Waals surface area contributed by atoms with Gasteiger partial charge in [-0.05, 0) is 25.7 Å². The van der Waals surface area contributed by atoms with Crippen molar-refractivity contribution in [1.82, 2.24) is 4.90 Å². The predicted molar refractivity (Wildman–Crippen MR) is 66.5 cm³/mol. The summed E-state index contributed by atoms with van der Waals surface area (Å²) in [5.74, 6) is 0. The Bertz CT molecular complexity index is 206. The molecule has 0 amide bonds. The van der Waals surface area contributed by atoms with Gasteiger partial charge in [-0.3, -0.25) is 4.90 Å². The molecule has 1 heterocycles. The third-order valence-corrected chi connectivity index (χ3v) is 4.61. The molecule has 3 heteroatoms. The highest BCUT2D eigenvalue weighted by molar-refractivity contribution is 4.95. The molecular formula is C13H26N2O. The smallest absolute Gasteiger partial charge is 0.0595 e. The van der Waals surface area contributed by atoms with Crippen LogP contribution in [0.15, 0.2) is 0 Å². The molecule has 0 bridgehead atoms. The molecule has 1 aliphatic carbocycles. The second-order valence-electron chi connectivity index (χ2n) is 5.41. The van der Waals surface area contributed by atoms with Crippen LogP contribution in [0.25, 0.3) is 0 Å². The number of hydrogen-bond acceptors (Lipinski definition) is 3. The van der Waals surface area contributed by atoms with Crippen LogP contribution in [0.5, 0.6) is 0 Å². The lowest BCUT2D eigenvalue weighted by Gasteiger charge is -2.48. The second-order valence-corrected chi connectivity index (χ2v) is 5.41. The van der Waals surface area contributed by atoms with Crippen molar-refractivity contribution < 1.29 is 4.74 Å². The molecule has 2 rings (SSSR count). The third-order valence-electron chi connectivity index (χ3n) is 4.61. The van der Waals surface area contributed by atoms with Crippen molar-refractivity contribution in [2.75, 3.05) is 26.7 Å². The molecule has 0 unspecified atom stereocenters. The van der Waals surface area contributed by atoms with Crippen LogP contribution in [0.2, 0.25) is 0 Å². The monoisotopic (exact) mass is 226 g/mol. The molecule has 94 valence electrons. The minimum Gasteiger partial charge on any atom is -0.381 e. The average molecular weight is 226 g/mol. The van der Waals surface area contributed by atoms with E-state index in [-0.39, 0.29) is 0 Å². The van der Waals surface area contributed by atoms with E-state index in [2.05, 4.69) is 4.90 Å². The highest BCUT2D eigenvalue weighted by atomic mass is 16.5. The fourth-order valence-corrected chi connectivity index (χ4v) is 3.43. The average Bonchev–Trinajstić information content (AvgIpc) is 2.39. The molecule has 0 atom stereocenters. The lowest BCUT2D eigenvalue weighted by atomic mass is 9.79. The highest BCUT2D eigenvalue weighted by Crippen LogP contribution is 2.34. The van der Waals surface area contributed by atoms with Gasteiger partial charge in [0, 0.05) is 32.3 Å². The summed E-state index contributed by atoms with van der Waals surface area (Å²) < 4.78 is 5.44. The van der Waals surface area contributed by atoms with Crippen molar-refractivity contribution >= 4 is 0 Å². The second kappa shape index (κ2) is 5.48. The summed E-state index contributed by atoms with van der Waals surface area (Å²) in [6.45, 7) is 3.19. The maximum absolute atomic E-state index is 6.06. The number of nitrogens with two attached hydrogens (primary N) is 1. The van der Waals surface area contributed by atoms with Crippen LogP contribution < -0.4 is 5.73 Å². The van der Waals surface area contributed by atoms with Crippen LogP contribution >= 0.6 is 0 Å². The van der Waals surface area contributed by atoms with Crippen LogP contribution in [0.4, 0.5) is 0 Å². The first-order valence-electron chi connectivity index (χ1n) is 6.79. The Kier molecular flexibility index (Phi) is 4.22. The van der Waals surface area contributed by atoms with Crippen LogP contribution in [0.3, 0.4) is 0 Å². The first kappa shape index (κ1) is 12.3. The van der Waals surface area contributed by atoms with Crippen molar-refractivity contribution in [3.8, 4) is 0 Å². The molecule has 2 fully saturated rings. The van der Waals surface area contributed by atoms with Gasteiger partial charge in [0.15, 0.2) is 0 Å². The minimum atomic E-state index is 0.330. The summed E-state index contributed by atoms with van der Waals surface area (Å²) in [5, 5.41) is 0. The van der Waals surface area contributed by atoms with Crippen LogP contribution in [-0.2, 0) is 4.74 Å². The third kappa shape index (κ3) is 2.41. The summed E-state index contributed by atoms with van der Waals surface area (Å²) >= 11 is 0. The van der Waals surface area contributed by atoms with Crippen molar-refractivity contribution in [1.29, 1.82) is 0 Å². The zero-order chi connectivity index (χ0) is 11.4. The van der Waals surface area contributed by atoms with E-state index < -0.39 is 0 Å². The van der Waals surface area contributed by atoms with Gasteiger partial charge in [0.25, 0.3) is 0 Å². The first-order valence-corrected chi connectivity index (χ1v) is 6.79. The van der Waals surface area contributed by atoms with Gasteiger partial charge in [-0.2, -0.15) is 0 Å². The molecule has 1 aliphatic heterocycles. The lowest BCUT2D eigenvalue weighted by Crippen LogP contribution is -2.57. The normalized spacial score (nSPS) is 28.1. The van der Waals surface area contributed by atoms with Gasteiger partial charge in [-0.15, -0.1) is 0 Å². The predicted octanol–water partition coefficient (Wildman–Crippen LogP) is 1.76. The number of piperidine rings is 1. The van der Waals surface area contributed by atoms with E-state index in [1.165, 1.54) is 58.0 Å². The molecule has 0 aromatic rings. The standard InChI is InChI=1S/C13H26N2O/c1-16-12-5-9-15(10-6-12)13(11-14)7-3-2-4-8-13/h12H,2-11,14H2,1H3. The zero-order valence-electron chi connectivity index (χ0n) is 10.6. The first-order chi connectivity index (χ1) is 7.80. The van der Waals surface area contributed by atoms with Crippen LogP contribution in [-0.4, -0.2) is 43.3 Å². The number of ether oxygens (including phenoxy) is 1. The molecule has 1 saturated carbocycles. The van der Waals surface area contributed by atoms with Crippen molar-refractivity contribution in [3.05, 3.63) is 0 Å². The van der Waals surface area contributed by atoms with Gasteiger partial charge in [0.2, 0.25) is 0 Å². The van der Waals surface area contributed by atoms with Crippen LogP contribution in [0, 0.1) is 0 Å². The maximum atomic E-state index is 6.06. The summed E-state index contributed by atoms with van der Waals surface area (Å²) in [7, 11) is 1.83. The molecule has 0 spiro atoms. The van der Waals surface area contributed by atoms with E-state index in [1.54, 1.807) is 0 Å². The van der Waals surface area contributed by atoms with Crippen molar-refractivity contribution in [3.63, 3.8) is 0 Å². The van der Waals surface area contributed by atoms with E-state index >= 15 is 0 Å². The van der Waals surface area contributed by atoms with Gasteiger partial charge in [0.05, 0.1) is 6.10 Å². The fraction of sp³-hybridized carbons (Fsp3) is 1.00. The molecule has 0 aromatic carbocycles. The van der Waals surface area contributed by atoms with E-state index in [0.717, 1.165) is 6.54 Å². The van der Waals surface area contributed by atoms with E-state index in [9.17, 15) is 0 Å². The number of rotatable bonds is 3. The fourth-order valence-electron chi connectivity index (χ4n) is 3.43. The topological polar surface area (TPSA) is 38.5 Å². The van der Waals surface area contributed by atoms with E-state index in [0.29, 0.717) is 11.6 Å². The molecular weight excluding hydrogens is 200 g/mol. The molecule has 16 heavy (non-hydrogen) atoms. The summed E-state index contributed by atoms with van der Waals surface area (Å²) in [6.07, 6.45) is 9.58. The SMILES string of the molecule is COC1CCN(C2(CN)CCCCC2)CC1. The molecule has 1 saturated heterocycles. The number of likely N-dealkylation sites (tertiary alicyclic amines) is 1. The number of nitrogens with zero attached hydrogens (tertiary/aromatic N) is 1. The summed E-state index contributed by atoms with van der Waals surface area (Å²) in [5.41, 5.74) is 6.39. The molecule has 0 radical (unpaired) electrons. The van der Waals surface area contributed by atoms with E-state index in [1.807, 2.05) is 7.11 Å². The lowest BCUT2D eigenvalue weighted by molar-refractivity contribution is -0.0156. The largest absolute Gasteiger partial charge is 0.381 e.